The fourth-order valence-corrected chi connectivity index (χ4v) is 2.08. The van der Waals surface area contributed by atoms with E-state index in [1.807, 2.05) is 13.8 Å². The van der Waals surface area contributed by atoms with Gasteiger partial charge in [-0.3, -0.25) is 4.79 Å². The molecule has 0 aliphatic heterocycles. The van der Waals surface area contributed by atoms with E-state index in [0.717, 1.165) is 6.42 Å². The number of hydrogen-bond acceptors (Lipinski definition) is 2. The van der Waals surface area contributed by atoms with Crippen LogP contribution in [0.2, 0.25) is 0 Å². The van der Waals surface area contributed by atoms with E-state index < -0.39 is 11.4 Å². The summed E-state index contributed by atoms with van der Waals surface area (Å²) in [6, 6.07) is -0.164. The second kappa shape index (κ2) is 5.89. The van der Waals surface area contributed by atoms with Gasteiger partial charge in [-0.15, -0.1) is 6.58 Å². The molecular weight excluding hydrogens is 232 g/mol. The van der Waals surface area contributed by atoms with Crippen LogP contribution >= 0.6 is 0 Å². The van der Waals surface area contributed by atoms with Crippen LogP contribution in [-0.4, -0.2) is 41.1 Å². The number of carbonyl (C=O) groups excluding carboxylic acids is 1. The van der Waals surface area contributed by atoms with E-state index in [1.54, 1.807) is 11.0 Å². The first kappa shape index (κ1) is 14.5. The zero-order chi connectivity index (χ0) is 13.8. The first-order valence-electron chi connectivity index (χ1n) is 6.32. The summed E-state index contributed by atoms with van der Waals surface area (Å²) in [5.41, 5.74) is -0.744. The third kappa shape index (κ3) is 3.03. The Balaban J connectivity index is 2.53. The van der Waals surface area contributed by atoms with E-state index in [4.69, 9.17) is 5.11 Å². The summed E-state index contributed by atoms with van der Waals surface area (Å²) >= 11 is 0. The molecule has 0 aromatic rings. The largest absolute Gasteiger partial charge is 0.481 e. The van der Waals surface area contributed by atoms with Crippen LogP contribution in [0.25, 0.3) is 0 Å². The molecule has 0 heterocycles. The molecule has 1 saturated carbocycles. The molecular formula is C13H22N2O3. The van der Waals surface area contributed by atoms with Crippen molar-refractivity contribution >= 4 is 12.0 Å². The topological polar surface area (TPSA) is 69.6 Å². The van der Waals surface area contributed by atoms with Gasteiger partial charge in [0, 0.05) is 19.1 Å². The molecule has 1 rings (SSSR count). The van der Waals surface area contributed by atoms with Gasteiger partial charge in [-0.05, 0) is 26.7 Å². The minimum absolute atomic E-state index is 0.0603. The van der Waals surface area contributed by atoms with Crippen LogP contribution < -0.4 is 5.32 Å². The lowest BCUT2D eigenvalue weighted by Crippen LogP contribution is -2.51. The van der Waals surface area contributed by atoms with E-state index in [1.165, 1.54) is 0 Å². The number of carboxylic acids is 1. The summed E-state index contributed by atoms with van der Waals surface area (Å²) in [5.74, 6) is -0.811. The monoisotopic (exact) mass is 254 g/mol. The highest BCUT2D eigenvalue weighted by Crippen LogP contribution is 2.40. The lowest BCUT2D eigenvalue weighted by Gasteiger charge is -2.38. The maximum absolute atomic E-state index is 12.0. The van der Waals surface area contributed by atoms with Crippen molar-refractivity contribution in [1.29, 1.82) is 0 Å². The summed E-state index contributed by atoms with van der Waals surface area (Å²) in [6.07, 6.45) is 3.87. The third-order valence-electron chi connectivity index (χ3n) is 3.55. The quantitative estimate of drug-likeness (QED) is 0.711. The van der Waals surface area contributed by atoms with E-state index in [2.05, 4.69) is 11.9 Å². The Morgan fingerprint density at radius 1 is 1.50 bits per heavy atom. The molecule has 1 fully saturated rings. The lowest BCUT2D eigenvalue weighted by molar-refractivity contribution is -0.153. The molecule has 0 spiro atoms. The molecule has 0 aromatic heterocycles. The van der Waals surface area contributed by atoms with Crippen molar-refractivity contribution in [3.63, 3.8) is 0 Å². The minimum Gasteiger partial charge on any atom is -0.481 e. The third-order valence-corrected chi connectivity index (χ3v) is 3.55. The number of urea groups is 1. The van der Waals surface area contributed by atoms with Gasteiger partial charge < -0.3 is 15.3 Å². The molecule has 0 radical (unpaired) electrons. The van der Waals surface area contributed by atoms with Gasteiger partial charge in [0.25, 0.3) is 0 Å². The van der Waals surface area contributed by atoms with Crippen molar-refractivity contribution in [2.45, 2.75) is 39.2 Å². The van der Waals surface area contributed by atoms with Gasteiger partial charge in [0.05, 0.1) is 5.41 Å². The fraction of sp³-hybridized carbons (Fsp3) is 0.692. The van der Waals surface area contributed by atoms with Crippen molar-refractivity contribution in [2.24, 2.45) is 5.41 Å². The Bertz CT molecular complexity index is 335. The predicted molar refractivity (Wildman–Crippen MR) is 69.4 cm³/mol. The van der Waals surface area contributed by atoms with Crippen LogP contribution in [-0.2, 0) is 4.79 Å². The van der Waals surface area contributed by atoms with Crippen LogP contribution in [0.1, 0.15) is 33.1 Å². The second-order valence-electron chi connectivity index (χ2n) is 5.13. The van der Waals surface area contributed by atoms with Crippen molar-refractivity contribution in [3.05, 3.63) is 12.7 Å². The summed E-state index contributed by atoms with van der Waals surface area (Å²) < 4.78 is 0. The molecule has 5 heteroatoms. The Labute approximate surface area is 108 Å². The van der Waals surface area contributed by atoms with Crippen LogP contribution in [0.15, 0.2) is 12.7 Å². The molecule has 18 heavy (non-hydrogen) atoms. The van der Waals surface area contributed by atoms with Crippen molar-refractivity contribution in [3.8, 4) is 0 Å². The van der Waals surface area contributed by atoms with Gasteiger partial charge in [-0.25, -0.2) is 4.79 Å². The summed E-state index contributed by atoms with van der Waals surface area (Å²) in [5, 5.41) is 11.9. The van der Waals surface area contributed by atoms with E-state index in [-0.39, 0.29) is 18.6 Å². The number of carboxylic acid groups (broad SMARTS) is 1. The Kier molecular flexibility index (Phi) is 4.76. The number of hydrogen-bond donors (Lipinski definition) is 2. The second-order valence-corrected chi connectivity index (χ2v) is 5.13. The van der Waals surface area contributed by atoms with Crippen LogP contribution in [0.5, 0.6) is 0 Å². The van der Waals surface area contributed by atoms with Gasteiger partial charge >= 0.3 is 12.0 Å². The summed E-state index contributed by atoms with van der Waals surface area (Å²) in [7, 11) is 0. The number of carbonyl (C=O) groups is 2. The number of rotatable bonds is 6. The molecule has 2 N–H and O–H groups in total. The zero-order valence-electron chi connectivity index (χ0n) is 11.1. The highest BCUT2D eigenvalue weighted by atomic mass is 16.4. The molecule has 0 aromatic carbocycles. The Morgan fingerprint density at radius 3 is 2.44 bits per heavy atom. The molecule has 5 nitrogen and oxygen atoms in total. The highest BCUT2D eigenvalue weighted by Gasteiger charge is 2.44. The smallest absolute Gasteiger partial charge is 0.317 e. The van der Waals surface area contributed by atoms with E-state index in [9.17, 15) is 9.59 Å². The van der Waals surface area contributed by atoms with E-state index in [0.29, 0.717) is 19.4 Å². The zero-order valence-corrected chi connectivity index (χ0v) is 11.1. The maximum atomic E-state index is 12.0. The number of nitrogens with one attached hydrogen (secondary N) is 1. The van der Waals surface area contributed by atoms with Crippen LogP contribution in [0.4, 0.5) is 4.79 Å². The summed E-state index contributed by atoms with van der Waals surface area (Å²) in [6.45, 7) is 8.12. The van der Waals surface area contributed by atoms with Crippen LogP contribution in [0.3, 0.4) is 0 Å². The van der Waals surface area contributed by atoms with Crippen LogP contribution in [0, 0.1) is 5.41 Å². The van der Waals surface area contributed by atoms with Gasteiger partial charge in [0.2, 0.25) is 0 Å². The molecule has 0 unspecified atom stereocenters. The molecule has 102 valence electrons. The molecule has 1 aliphatic carbocycles. The fourth-order valence-electron chi connectivity index (χ4n) is 2.08. The van der Waals surface area contributed by atoms with Gasteiger partial charge in [-0.1, -0.05) is 12.5 Å². The average molecular weight is 254 g/mol. The number of nitrogens with zero attached hydrogens (tertiary/aromatic N) is 1. The average Bonchev–Trinajstić information content (AvgIpc) is 2.23. The lowest BCUT2D eigenvalue weighted by atomic mass is 9.69. The van der Waals surface area contributed by atoms with Gasteiger partial charge in [0.1, 0.15) is 0 Å². The number of amides is 2. The first-order valence-corrected chi connectivity index (χ1v) is 6.32. The van der Waals surface area contributed by atoms with E-state index >= 15 is 0 Å². The van der Waals surface area contributed by atoms with Crippen molar-refractivity contribution in [1.82, 2.24) is 10.2 Å². The van der Waals surface area contributed by atoms with Crippen molar-refractivity contribution < 1.29 is 14.7 Å². The molecule has 0 bridgehead atoms. The Hall–Kier alpha value is -1.52. The van der Waals surface area contributed by atoms with Gasteiger partial charge in [0.15, 0.2) is 0 Å². The molecule has 1 aliphatic rings. The normalized spacial score (nSPS) is 16.8. The first-order chi connectivity index (χ1) is 8.43. The standard InChI is InChI=1S/C13H22N2O3/c1-4-8-15(10(2)3)12(18)14-9-13(11(16)17)6-5-7-13/h4,10H,1,5-9H2,2-3H3,(H,14,18)(H,16,17). The maximum Gasteiger partial charge on any atom is 0.317 e. The predicted octanol–water partition coefficient (Wildman–Crippen LogP) is 1.85. The highest BCUT2D eigenvalue weighted by molar-refractivity contribution is 5.79. The molecule has 0 atom stereocenters. The number of aliphatic carboxylic acids is 1. The van der Waals surface area contributed by atoms with Gasteiger partial charge in [-0.2, -0.15) is 0 Å². The molecule has 0 saturated heterocycles. The SMILES string of the molecule is C=CCN(C(=O)NCC1(C(=O)O)CCC1)C(C)C. The minimum atomic E-state index is -0.811. The molecule has 2 amide bonds. The van der Waals surface area contributed by atoms with Crippen molar-refractivity contribution in [2.75, 3.05) is 13.1 Å². The summed E-state index contributed by atoms with van der Waals surface area (Å²) in [4.78, 5) is 24.7. The Morgan fingerprint density at radius 2 is 2.11 bits per heavy atom.